The number of carbonyl (C=O) groups excluding carboxylic acids is 1. The van der Waals surface area contributed by atoms with Crippen LogP contribution in [0.1, 0.15) is 27.2 Å². The number of ether oxygens (including phenoxy) is 1. The number of rotatable bonds is 8. The second-order valence-corrected chi connectivity index (χ2v) is 4.78. The zero-order valence-electron chi connectivity index (χ0n) is 9.97. The highest BCUT2D eigenvalue weighted by Crippen LogP contribution is 2.49. The highest BCUT2D eigenvalue weighted by molar-refractivity contribution is 7.57. The van der Waals surface area contributed by atoms with Gasteiger partial charge in [0.1, 0.15) is 0 Å². The monoisotopic (exact) mass is 250 g/mol. The summed E-state index contributed by atoms with van der Waals surface area (Å²) in [5.41, 5.74) is 0. The molecule has 0 saturated carbocycles. The van der Waals surface area contributed by atoms with Crippen molar-refractivity contribution in [3.8, 4) is 0 Å². The van der Waals surface area contributed by atoms with Crippen LogP contribution in [0.15, 0.2) is 11.9 Å². The van der Waals surface area contributed by atoms with Crippen molar-refractivity contribution in [2.75, 3.05) is 19.8 Å². The molecule has 0 amide bonds. The molecule has 0 N–H and O–H groups in total. The van der Waals surface area contributed by atoms with Crippen LogP contribution in [0, 0.1) is 0 Å². The first-order valence-corrected chi connectivity index (χ1v) is 6.85. The van der Waals surface area contributed by atoms with Crippen molar-refractivity contribution in [1.29, 1.82) is 0 Å². The van der Waals surface area contributed by atoms with E-state index < -0.39 is 7.60 Å². The SMILES string of the molecule is CCOP(=O)(C=CCCOC(C)=O)OCC. The van der Waals surface area contributed by atoms with Gasteiger partial charge in [0.15, 0.2) is 0 Å². The van der Waals surface area contributed by atoms with Crippen LogP contribution in [-0.4, -0.2) is 25.8 Å². The Morgan fingerprint density at radius 2 is 1.81 bits per heavy atom. The average Bonchev–Trinajstić information content (AvgIpc) is 2.17. The molecule has 0 aliphatic carbocycles. The minimum atomic E-state index is -3.10. The molecule has 0 aromatic rings. The summed E-state index contributed by atoms with van der Waals surface area (Å²) in [5, 5.41) is 0. The van der Waals surface area contributed by atoms with Gasteiger partial charge in [-0.1, -0.05) is 6.08 Å². The lowest BCUT2D eigenvalue weighted by Gasteiger charge is -2.12. The quantitative estimate of drug-likeness (QED) is 0.376. The highest BCUT2D eigenvalue weighted by Gasteiger charge is 2.18. The van der Waals surface area contributed by atoms with Crippen LogP contribution in [0.5, 0.6) is 0 Å². The Morgan fingerprint density at radius 1 is 1.25 bits per heavy atom. The molecule has 0 rings (SSSR count). The zero-order valence-corrected chi connectivity index (χ0v) is 10.9. The van der Waals surface area contributed by atoms with E-state index in [1.807, 2.05) is 0 Å². The van der Waals surface area contributed by atoms with Crippen LogP contribution in [0.4, 0.5) is 0 Å². The second kappa shape index (κ2) is 8.50. The Balaban J connectivity index is 4.03. The van der Waals surface area contributed by atoms with Crippen LogP contribution in [0.3, 0.4) is 0 Å². The van der Waals surface area contributed by atoms with Gasteiger partial charge in [-0.15, -0.1) is 0 Å². The van der Waals surface area contributed by atoms with E-state index in [2.05, 4.69) is 0 Å². The average molecular weight is 250 g/mol. The maximum absolute atomic E-state index is 11.9. The van der Waals surface area contributed by atoms with Crippen molar-refractivity contribution < 1.29 is 23.1 Å². The molecule has 0 radical (unpaired) electrons. The van der Waals surface area contributed by atoms with Gasteiger partial charge in [-0.25, -0.2) is 0 Å². The summed E-state index contributed by atoms with van der Waals surface area (Å²) in [6.07, 6.45) is 2.12. The van der Waals surface area contributed by atoms with Gasteiger partial charge in [0, 0.05) is 19.2 Å². The van der Waals surface area contributed by atoms with Crippen molar-refractivity contribution in [1.82, 2.24) is 0 Å². The fourth-order valence-corrected chi connectivity index (χ4v) is 2.33. The Kier molecular flexibility index (Phi) is 8.16. The molecule has 5 nitrogen and oxygen atoms in total. The smallest absolute Gasteiger partial charge is 0.353 e. The molecule has 0 aliphatic rings. The van der Waals surface area contributed by atoms with Crippen LogP contribution >= 0.6 is 7.60 Å². The number of esters is 1. The van der Waals surface area contributed by atoms with Gasteiger partial charge in [-0.2, -0.15) is 0 Å². The summed E-state index contributed by atoms with van der Waals surface area (Å²) < 4.78 is 26.7. The lowest BCUT2D eigenvalue weighted by atomic mass is 10.4. The number of hydrogen-bond donors (Lipinski definition) is 0. The molecular weight excluding hydrogens is 231 g/mol. The maximum Gasteiger partial charge on any atom is 0.353 e. The summed E-state index contributed by atoms with van der Waals surface area (Å²) in [5.74, 6) is 1.08. The van der Waals surface area contributed by atoms with Crippen LogP contribution in [0.2, 0.25) is 0 Å². The highest BCUT2D eigenvalue weighted by atomic mass is 31.2. The van der Waals surface area contributed by atoms with Crippen molar-refractivity contribution in [2.45, 2.75) is 27.2 Å². The first-order valence-electron chi connectivity index (χ1n) is 5.24. The summed E-state index contributed by atoms with van der Waals surface area (Å²) >= 11 is 0. The Morgan fingerprint density at radius 3 is 2.25 bits per heavy atom. The van der Waals surface area contributed by atoms with Crippen molar-refractivity contribution in [3.63, 3.8) is 0 Å². The maximum atomic E-state index is 11.9. The Labute approximate surface area is 96.3 Å². The van der Waals surface area contributed by atoms with E-state index in [0.29, 0.717) is 19.6 Å². The Hall–Kier alpha value is -0.640. The molecule has 0 bridgehead atoms. The molecule has 0 heterocycles. The van der Waals surface area contributed by atoms with Gasteiger partial charge >= 0.3 is 13.6 Å². The molecular formula is C10H19O5P. The first kappa shape index (κ1) is 15.4. The second-order valence-electron chi connectivity index (χ2n) is 2.89. The summed E-state index contributed by atoms with van der Waals surface area (Å²) in [4.78, 5) is 10.5. The molecule has 0 unspecified atom stereocenters. The number of hydrogen-bond acceptors (Lipinski definition) is 5. The topological polar surface area (TPSA) is 61.8 Å². The third-order valence-electron chi connectivity index (χ3n) is 1.50. The van der Waals surface area contributed by atoms with Gasteiger partial charge in [-0.05, 0) is 13.8 Å². The molecule has 0 aromatic heterocycles. The van der Waals surface area contributed by atoms with Gasteiger partial charge < -0.3 is 13.8 Å². The molecule has 0 aromatic carbocycles. The van der Waals surface area contributed by atoms with Crippen LogP contribution in [0.25, 0.3) is 0 Å². The van der Waals surface area contributed by atoms with Crippen LogP contribution in [-0.2, 0) is 23.1 Å². The van der Waals surface area contributed by atoms with E-state index in [-0.39, 0.29) is 12.6 Å². The minimum Gasteiger partial charge on any atom is -0.466 e. The van der Waals surface area contributed by atoms with Gasteiger partial charge in [0.25, 0.3) is 0 Å². The lowest BCUT2D eigenvalue weighted by molar-refractivity contribution is -0.140. The summed E-state index contributed by atoms with van der Waals surface area (Å²) in [6, 6.07) is 0. The largest absolute Gasteiger partial charge is 0.466 e. The van der Waals surface area contributed by atoms with Gasteiger partial charge in [-0.3, -0.25) is 9.36 Å². The molecule has 0 atom stereocenters. The number of carbonyl (C=O) groups is 1. The van der Waals surface area contributed by atoms with E-state index in [1.54, 1.807) is 19.9 Å². The minimum absolute atomic E-state index is 0.268. The molecule has 16 heavy (non-hydrogen) atoms. The molecule has 94 valence electrons. The van der Waals surface area contributed by atoms with E-state index in [0.717, 1.165) is 0 Å². The van der Waals surface area contributed by atoms with Crippen molar-refractivity contribution in [2.24, 2.45) is 0 Å². The fraction of sp³-hybridized carbons (Fsp3) is 0.700. The normalized spacial score (nSPS) is 11.9. The molecule has 0 saturated heterocycles. The van der Waals surface area contributed by atoms with Gasteiger partial charge in [0.2, 0.25) is 0 Å². The summed E-state index contributed by atoms with van der Waals surface area (Å²) in [6.45, 7) is 5.76. The molecule has 0 spiro atoms. The third-order valence-corrected chi connectivity index (χ3v) is 3.31. The predicted molar refractivity (Wildman–Crippen MR) is 61.2 cm³/mol. The predicted octanol–water partition coefficient (Wildman–Crippen LogP) is 2.72. The standard InChI is InChI=1S/C10H19O5P/c1-4-14-16(12,15-5-2)9-7-6-8-13-10(3)11/h7,9H,4-6,8H2,1-3H3. The summed E-state index contributed by atoms with van der Waals surface area (Å²) in [7, 11) is -3.10. The lowest BCUT2D eigenvalue weighted by Crippen LogP contribution is -1.99. The van der Waals surface area contributed by atoms with E-state index in [9.17, 15) is 9.36 Å². The van der Waals surface area contributed by atoms with E-state index in [4.69, 9.17) is 13.8 Å². The zero-order chi connectivity index (χ0) is 12.4. The fourth-order valence-electron chi connectivity index (χ4n) is 0.958. The third kappa shape index (κ3) is 7.63. The van der Waals surface area contributed by atoms with E-state index in [1.165, 1.54) is 12.7 Å². The molecule has 0 aliphatic heterocycles. The first-order chi connectivity index (χ1) is 7.54. The van der Waals surface area contributed by atoms with Crippen LogP contribution < -0.4 is 0 Å². The Bertz CT molecular complexity index is 264. The van der Waals surface area contributed by atoms with E-state index >= 15 is 0 Å². The van der Waals surface area contributed by atoms with Crippen molar-refractivity contribution >= 4 is 13.6 Å². The molecule has 6 heteroatoms. The molecule has 0 fully saturated rings. The van der Waals surface area contributed by atoms with Gasteiger partial charge in [0.05, 0.1) is 19.8 Å². The van der Waals surface area contributed by atoms with Crippen molar-refractivity contribution in [3.05, 3.63) is 11.9 Å².